The van der Waals surface area contributed by atoms with Crippen molar-refractivity contribution in [3.63, 3.8) is 0 Å². The summed E-state index contributed by atoms with van der Waals surface area (Å²) in [6, 6.07) is -2.80. The lowest BCUT2D eigenvalue weighted by atomic mass is 9.88. The maximum atomic E-state index is 12.6. The SMILES string of the molecule is CCCCCC(=O)CCCCO[C@@H]1OC(CO)[C@@H](O[C@@H]2OC(CO[C@]3(C(=O)O)C[C@@H](O)[C@@H](NC(C)=O)C(C(O)C(O)CO)O3)[C@H](O)[C@H](O)C2O)[C@H](O)C1NC(C)=O. The van der Waals surface area contributed by atoms with Crippen LogP contribution in [0.1, 0.15) is 72.1 Å². The number of ketones is 1. The van der Waals surface area contributed by atoms with Crippen LogP contribution < -0.4 is 10.6 Å². The number of aliphatic hydroxyl groups is 9. The molecule has 3 rings (SSSR count). The van der Waals surface area contributed by atoms with Gasteiger partial charge < -0.3 is 90.1 Å². The van der Waals surface area contributed by atoms with Crippen LogP contribution in [0.2, 0.25) is 0 Å². The standard InChI is InChI=1S/C35H60N2O20/c1-4-5-6-9-18(42)10-7-8-11-52-32-24(37-17(3)41)27(47)30(21(14-39)54-32)56-33-29(49)28(48)26(46)22(55-33)15-53-35(34(50)51)12-19(43)23(36-16(2)40)31(57-35)25(45)20(44)13-38/h19-33,38-39,43-49H,4-15H2,1-3H3,(H,36,40)(H,37,41)(H,50,51)/t19-,20?,21?,22?,23-,24?,25?,26+,27-,28+,29?,30-,31?,32-,33+,35-/m1/s1. The molecule has 0 aromatic heterocycles. The van der Waals surface area contributed by atoms with Crippen molar-refractivity contribution < 1.29 is 98.7 Å². The van der Waals surface area contributed by atoms with Gasteiger partial charge in [-0.2, -0.15) is 0 Å². The second kappa shape index (κ2) is 22.7. The number of ether oxygens (including phenoxy) is 6. The van der Waals surface area contributed by atoms with Crippen molar-refractivity contribution in [3.05, 3.63) is 0 Å². The average Bonchev–Trinajstić information content (AvgIpc) is 3.16. The van der Waals surface area contributed by atoms with Crippen LogP contribution >= 0.6 is 0 Å². The number of Topliss-reactive ketones (excluding diaryl/α,β-unsaturated/α-hetero) is 1. The Kier molecular flexibility index (Phi) is 19.5. The highest BCUT2D eigenvalue weighted by atomic mass is 16.8. The maximum Gasteiger partial charge on any atom is 0.364 e. The van der Waals surface area contributed by atoms with Gasteiger partial charge in [-0.1, -0.05) is 19.8 Å². The summed E-state index contributed by atoms with van der Waals surface area (Å²) in [5.74, 6) is -5.92. The van der Waals surface area contributed by atoms with Gasteiger partial charge in [0.2, 0.25) is 11.8 Å². The van der Waals surface area contributed by atoms with Gasteiger partial charge in [-0.25, -0.2) is 4.79 Å². The molecule has 0 aromatic rings. The van der Waals surface area contributed by atoms with Crippen LogP contribution in [-0.2, 0) is 47.6 Å². The number of nitrogens with one attached hydrogen (secondary N) is 2. The highest BCUT2D eigenvalue weighted by Crippen LogP contribution is 2.35. The Morgan fingerprint density at radius 3 is 2.00 bits per heavy atom. The Balaban J connectivity index is 1.74. The number of carbonyl (C=O) groups excluding carboxylic acids is 3. The lowest BCUT2D eigenvalue weighted by Crippen LogP contribution is -2.69. The minimum Gasteiger partial charge on any atom is -0.477 e. The number of carbonyl (C=O) groups is 4. The number of rotatable bonds is 22. The first-order valence-electron chi connectivity index (χ1n) is 19.1. The summed E-state index contributed by atoms with van der Waals surface area (Å²) in [5.41, 5.74) is 0. The number of hydrogen-bond acceptors (Lipinski definition) is 19. The molecule has 0 radical (unpaired) electrons. The van der Waals surface area contributed by atoms with Crippen molar-refractivity contribution >= 4 is 23.6 Å². The fourth-order valence-electron chi connectivity index (χ4n) is 6.90. The molecule has 0 aromatic carbocycles. The van der Waals surface area contributed by atoms with Crippen LogP contribution in [0.3, 0.4) is 0 Å². The van der Waals surface area contributed by atoms with E-state index < -0.39 is 142 Å². The van der Waals surface area contributed by atoms with Crippen LogP contribution in [0.5, 0.6) is 0 Å². The molecule has 16 atom stereocenters. The monoisotopic (exact) mass is 828 g/mol. The third-order valence-corrected chi connectivity index (χ3v) is 10.0. The summed E-state index contributed by atoms with van der Waals surface area (Å²) < 4.78 is 34.2. The van der Waals surface area contributed by atoms with Gasteiger partial charge in [0.15, 0.2) is 12.6 Å². The van der Waals surface area contributed by atoms with Gasteiger partial charge in [-0.05, 0) is 19.3 Å². The molecule has 22 nitrogen and oxygen atoms in total. The summed E-state index contributed by atoms with van der Waals surface area (Å²) >= 11 is 0. The van der Waals surface area contributed by atoms with Crippen molar-refractivity contribution in [1.29, 1.82) is 0 Å². The van der Waals surface area contributed by atoms with E-state index in [-0.39, 0.29) is 12.4 Å². The number of carboxylic acid groups (broad SMARTS) is 1. The lowest BCUT2D eigenvalue weighted by molar-refractivity contribution is -0.360. The van der Waals surface area contributed by atoms with E-state index in [0.29, 0.717) is 25.7 Å². The fourth-order valence-corrected chi connectivity index (χ4v) is 6.90. The van der Waals surface area contributed by atoms with E-state index in [9.17, 15) is 70.2 Å². The van der Waals surface area contributed by atoms with Crippen molar-refractivity contribution in [2.45, 2.75) is 170 Å². The maximum absolute atomic E-state index is 12.6. The van der Waals surface area contributed by atoms with E-state index in [1.807, 2.05) is 6.92 Å². The van der Waals surface area contributed by atoms with Gasteiger partial charge in [-0.15, -0.1) is 0 Å². The molecule has 0 bridgehead atoms. The van der Waals surface area contributed by atoms with E-state index in [0.717, 1.165) is 33.1 Å². The average molecular weight is 829 g/mol. The molecule has 3 saturated heterocycles. The van der Waals surface area contributed by atoms with Gasteiger partial charge in [-0.3, -0.25) is 14.4 Å². The first-order valence-corrected chi connectivity index (χ1v) is 19.1. The molecule has 3 fully saturated rings. The highest BCUT2D eigenvalue weighted by Gasteiger charge is 2.57. The minimum absolute atomic E-state index is 0.0593. The third-order valence-electron chi connectivity index (χ3n) is 10.0. The Morgan fingerprint density at radius 1 is 0.807 bits per heavy atom. The quantitative estimate of drug-likeness (QED) is 0.0456. The molecule has 12 N–H and O–H groups in total. The summed E-state index contributed by atoms with van der Waals surface area (Å²) in [4.78, 5) is 48.6. The topological polar surface area (TPSA) is 350 Å². The number of aliphatic carboxylic acids is 1. The predicted octanol–water partition coefficient (Wildman–Crippen LogP) is -4.74. The molecule has 0 spiro atoms. The van der Waals surface area contributed by atoms with Gasteiger partial charge in [0.1, 0.15) is 72.9 Å². The van der Waals surface area contributed by atoms with Crippen molar-refractivity contribution in [1.82, 2.24) is 10.6 Å². The molecule has 7 unspecified atom stereocenters. The summed E-state index contributed by atoms with van der Waals surface area (Å²) in [5, 5.41) is 110. The second-order valence-electron chi connectivity index (χ2n) is 14.6. The van der Waals surface area contributed by atoms with Gasteiger partial charge in [0.25, 0.3) is 5.79 Å². The van der Waals surface area contributed by atoms with E-state index in [1.54, 1.807) is 0 Å². The molecule has 2 amide bonds. The largest absolute Gasteiger partial charge is 0.477 e. The van der Waals surface area contributed by atoms with Crippen LogP contribution in [0, 0.1) is 0 Å². The predicted molar refractivity (Wildman–Crippen MR) is 188 cm³/mol. The van der Waals surface area contributed by atoms with E-state index >= 15 is 0 Å². The van der Waals surface area contributed by atoms with Gasteiger partial charge in [0.05, 0.1) is 32.0 Å². The van der Waals surface area contributed by atoms with Crippen LogP contribution in [0.25, 0.3) is 0 Å². The second-order valence-corrected chi connectivity index (χ2v) is 14.6. The number of carboxylic acids is 1. The minimum atomic E-state index is -2.85. The number of hydrogen-bond donors (Lipinski definition) is 12. The Bertz CT molecular complexity index is 1300. The van der Waals surface area contributed by atoms with Crippen molar-refractivity contribution in [3.8, 4) is 0 Å². The summed E-state index contributed by atoms with van der Waals surface area (Å²) in [7, 11) is 0. The smallest absolute Gasteiger partial charge is 0.364 e. The normalized spacial score (nSPS) is 36.9. The summed E-state index contributed by atoms with van der Waals surface area (Å²) in [6.45, 7) is 1.54. The summed E-state index contributed by atoms with van der Waals surface area (Å²) in [6.07, 6.45) is -19.7. The Labute approximate surface area is 328 Å². The molecule has 3 aliphatic rings. The zero-order valence-corrected chi connectivity index (χ0v) is 32.2. The molecular weight excluding hydrogens is 768 g/mol. The fraction of sp³-hybridized carbons (Fsp3) is 0.886. The molecule has 3 heterocycles. The zero-order valence-electron chi connectivity index (χ0n) is 32.2. The van der Waals surface area contributed by atoms with E-state index in [1.165, 1.54) is 0 Å². The molecule has 0 saturated carbocycles. The van der Waals surface area contributed by atoms with Crippen molar-refractivity contribution in [2.24, 2.45) is 0 Å². The molecular formula is C35H60N2O20. The third kappa shape index (κ3) is 13.0. The molecule has 330 valence electrons. The number of aliphatic hydroxyl groups excluding tert-OH is 9. The first-order chi connectivity index (χ1) is 26.9. The van der Waals surface area contributed by atoms with Gasteiger partial charge >= 0.3 is 5.97 Å². The van der Waals surface area contributed by atoms with E-state index in [4.69, 9.17) is 28.4 Å². The highest BCUT2D eigenvalue weighted by molar-refractivity contribution is 5.78. The van der Waals surface area contributed by atoms with Crippen LogP contribution in [0.15, 0.2) is 0 Å². The molecule has 57 heavy (non-hydrogen) atoms. The van der Waals surface area contributed by atoms with Gasteiger partial charge in [0, 0.05) is 39.7 Å². The van der Waals surface area contributed by atoms with Crippen LogP contribution in [-0.4, -0.2) is 199 Å². The lowest BCUT2D eigenvalue weighted by Gasteiger charge is -2.48. The molecule has 3 aliphatic heterocycles. The van der Waals surface area contributed by atoms with E-state index in [2.05, 4.69) is 10.6 Å². The zero-order chi connectivity index (χ0) is 42.6. The number of amides is 2. The Morgan fingerprint density at radius 2 is 1.42 bits per heavy atom. The van der Waals surface area contributed by atoms with Crippen molar-refractivity contribution in [2.75, 3.05) is 26.4 Å². The van der Waals surface area contributed by atoms with Crippen LogP contribution in [0.4, 0.5) is 0 Å². The Hall–Kier alpha value is -2.52. The first kappa shape index (κ1) is 48.8. The molecule has 22 heteroatoms. The number of unbranched alkanes of at least 4 members (excludes halogenated alkanes) is 3. The molecule has 0 aliphatic carbocycles.